The van der Waals surface area contributed by atoms with Gasteiger partial charge >= 0.3 is 0 Å². The van der Waals surface area contributed by atoms with Gasteiger partial charge in [0.1, 0.15) is 17.3 Å². The second-order valence-corrected chi connectivity index (χ2v) is 3.77. The summed E-state index contributed by atoms with van der Waals surface area (Å²) in [5.74, 6) is 0.434. The van der Waals surface area contributed by atoms with Crippen LogP contribution in [-0.2, 0) is 0 Å². The fraction of sp³-hybridized carbons (Fsp3) is 0. The van der Waals surface area contributed by atoms with Crippen molar-refractivity contribution in [3.8, 4) is 0 Å². The third-order valence-corrected chi connectivity index (χ3v) is 2.47. The highest BCUT2D eigenvalue weighted by Gasteiger charge is 2.04. The van der Waals surface area contributed by atoms with Crippen molar-refractivity contribution in [2.24, 2.45) is 5.73 Å². The Morgan fingerprint density at radius 2 is 1.95 bits per heavy atom. The van der Waals surface area contributed by atoms with Crippen molar-refractivity contribution < 1.29 is 4.79 Å². The topological polar surface area (TPSA) is 122 Å². The molecule has 3 aromatic rings. The Balaban J connectivity index is 1.85. The summed E-state index contributed by atoms with van der Waals surface area (Å²) in [6, 6.07) is 1.77. The zero-order chi connectivity index (χ0) is 13.2. The van der Waals surface area contributed by atoms with Crippen LogP contribution in [0.4, 0.5) is 11.6 Å². The van der Waals surface area contributed by atoms with Gasteiger partial charge in [0.15, 0.2) is 0 Å². The smallest absolute Gasteiger partial charge is 0.268 e. The zero-order valence-electron chi connectivity index (χ0n) is 9.66. The van der Waals surface area contributed by atoms with E-state index in [2.05, 4.69) is 30.2 Å². The van der Waals surface area contributed by atoms with Gasteiger partial charge in [-0.15, -0.1) is 0 Å². The first kappa shape index (κ1) is 11.1. The minimum absolute atomic E-state index is 0.112. The number of imidazole rings is 1. The van der Waals surface area contributed by atoms with Gasteiger partial charge in [0.2, 0.25) is 0 Å². The van der Waals surface area contributed by atoms with E-state index in [1.165, 1.54) is 12.4 Å². The number of pyridine rings is 1. The van der Waals surface area contributed by atoms with E-state index in [1.54, 1.807) is 18.6 Å². The number of anilines is 2. The Morgan fingerprint density at radius 1 is 1.11 bits per heavy atom. The van der Waals surface area contributed by atoms with Gasteiger partial charge in [0.25, 0.3) is 5.91 Å². The van der Waals surface area contributed by atoms with Crippen molar-refractivity contribution in [2.75, 3.05) is 5.32 Å². The molecule has 19 heavy (non-hydrogen) atoms. The number of primary amides is 1. The molecule has 0 aromatic carbocycles. The number of hydrogen-bond acceptors (Lipinski definition) is 6. The van der Waals surface area contributed by atoms with Crippen LogP contribution in [0.25, 0.3) is 11.0 Å². The minimum Gasteiger partial charge on any atom is -0.364 e. The molecule has 0 atom stereocenters. The fourth-order valence-electron chi connectivity index (χ4n) is 1.55. The molecule has 0 saturated carbocycles. The van der Waals surface area contributed by atoms with E-state index in [-0.39, 0.29) is 5.69 Å². The predicted octanol–water partition coefficient (Wildman–Crippen LogP) is 0.590. The van der Waals surface area contributed by atoms with E-state index in [1.807, 2.05) is 0 Å². The van der Waals surface area contributed by atoms with E-state index in [0.717, 1.165) is 11.0 Å². The van der Waals surface area contributed by atoms with Gasteiger partial charge in [0, 0.05) is 6.07 Å². The molecule has 0 saturated heterocycles. The summed E-state index contributed by atoms with van der Waals surface area (Å²) in [6.07, 6.45) is 5.97. The van der Waals surface area contributed by atoms with E-state index in [9.17, 15) is 4.79 Å². The number of carbonyl (C=O) groups excluding carboxylic acids is 1. The van der Waals surface area contributed by atoms with Gasteiger partial charge in [-0.1, -0.05) is 0 Å². The van der Waals surface area contributed by atoms with Gasteiger partial charge < -0.3 is 16.0 Å². The number of aromatic nitrogens is 5. The summed E-state index contributed by atoms with van der Waals surface area (Å²) in [6.45, 7) is 0. The number of fused-ring (bicyclic) bond motifs is 1. The van der Waals surface area contributed by atoms with Crippen LogP contribution in [0.15, 0.2) is 31.0 Å². The van der Waals surface area contributed by atoms with Crippen LogP contribution in [0.5, 0.6) is 0 Å². The second kappa shape index (κ2) is 4.33. The quantitative estimate of drug-likeness (QED) is 0.629. The molecule has 3 heterocycles. The van der Waals surface area contributed by atoms with Gasteiger partial charge in [0.05, 0.1) is 36.0 Å². The van der Waals surface area contributed by atoms with Crippen molar-refractivity contribution in [3.05, 3.63) is 36.7 Å². The average molecular weight is 255 g/mol. The number of H-pyrrole nitrogens is 1. The first-order valence-electron chi connectivity index (χ1n) is 5.40. The van der Waals surface area contributed by atoms with Crippen LogP contribution in [-0.4, -0.2) is 30.8 Å². The molecule has 4 N–H and O–H groups in total. The SMILES string of the molecule is NC(=O)c1cnc(Nc2cc3nc[nH]c3cn2)cn1. The van der Waals surface area contributed by atoms with Crippen molar-refractivity contribution in [1.29, 1.82) is 0 Å². The maximum atomic E-state index is 10.9. The summed E-state index contributed by atoms with van der Waals surface area (Å²) < 4.78 is 0. The molecule has 0 bridgehead atoms. The van der Waals surface area contributed by atoms with Crippen LogP contribution in [0.1, 0.15) is 10.5 Å². The number of aromatic amines is 1. The molecule has 8 heteroatoms. The van der Waals surface area contributed by atoms with Gasteiger partial charge in [-0.25, -0.2) is 19.9 Å². The van der Waals surface area contributed by atoms with Crippen LogP contribution < -0.4 is 11.1 Å². The molecule has 3 rings (SSSR count). The summed E-state index contributed by atoms with van der Waals surface area (Å²) >= 11 is 0. The van der Waals surface area contributed by atoms with Crippen LogP contribution in [0.3, 0.4) is 0 Å². The molecule has 1 amide bonds. The lowest BCUT2D eigenvalue weighted by Crippen LogP contribution is -2.13. The third-order valence-electron chi connectivity index (χ3n) is 2.47. The molecule has 0 fully saturated rings. The number of amides is 1. The number of carbonyl (C=O) groups is 1. The molecule has 0 radical (unpaired) electrons. The van der Waals surface area contributed by atoms with Crippen LogP contribution in [0, 0.1) is 0 Å². The minimum atomic E-state index is -0.616. The van der Waals surface area contributed by atoms with Crippen LogP contribution >= 0.6 is 0 Å². The lowest BCUT2D eigenvalue weighted by atomic mass is 10.4. The van der Waals surface area contributed by atoms with E-state index in [4.69, 9.17) is 5.73 Å². The largest absolute Gasteiger partial charge is 0.364 e. The van der Waals surface area contributed by atoms with Crippen LogP contribution in [0.2, 0.25) is 0 Å². The van der Waals surface area contributed by atoms with Gasteiger partial charge in [-0.3, -0.25) is 4.79 Å². The van der Waals surface area contributed by atoms with Crippen molar-refractivity contribution in [3.63, 3.8) is 0 Å². The molecule has 0 spiro atoms. The van der Waals surface area contributed by atoms with Crippen molar-refractivity contribution >= 4 is 28.6 Å². The number of rotatable bonds is 3. The molecular weight excluding hydrogens is 246 g/mol. The van der Waals surface area contributed by atoms with Gasteiger partial charge in [-0.05, 0) is 0 Å². The normalized spacial score (nSPS) is 10.5. The van der Waals surface area contributed by atoms with E-state index < -0.39 is 5.91 Å². The molecule has 0 aliphatic carbocycles. The Labute approximate surface area is 107 Å². The molecular formula is C11H9N7O. The summed E-state index contributed by atoms with van der Waals surface area (Å²) in [7, 11) is 0. The first-order valence-corrected chi connectivity index (χ1v) is 5.40. The zero-order valence-corrected chi connectivity index (χ0v) is 9.66. The molecule has 0 unspecified atom stereocenters. The average Bonchev–Trinajstić information content (AvgIpc) is 2.87. The highest BCUT2D eigenvalue weighted by Crippen LogP contribution is 2.15. The number of hydrogen-bond donors (Lipinski definition) is 3. The Bertz CT molecular complexity index is 734. The highest BCUT2D eigenvalue weighted by atomic mass is 16.1. The molecule has 0 aliphatic rings. The molecule has 3 aromatic heterocycles. The number of nitrogens with zero attached hydrogens (tertiary/aromatic N) is 4. The molecule has 8 nitrogen and oxygen atoms in total. The highest BCUT2D eigenvalue weighted by molar-refractivity contribution is 5.90. The fourth-order valence-corrected chi connectivity index (χ4v) is 1.55. The van der Waals surface area contributed by atoms with E-state index in [0.29, 0.717) is 11.6 Å². The summed E-state index contributed by atoms with van der Waals surface area (Å²) in [5, 5.41) is 2.96. The number of nitrogens with one attached hydrogen (secondary N) is 2. The first-order chi connectivity index (χ1) is 9.22. The molecule has 0 aliphatic heterocycles. The Morgan fingerprint density at radius 3 is 2.68 bits per heavy atom. The second-order valence-electron chi connectivity index (χ2n) is 3.77. The maximum Gasteiger partial charge on any atom is 0.268 e. The summed E-state index contributed by atoms with van der Waals surface area (Å²) in [5.41, 5.74) is 6.83. The third kappa shape index (κ3) is 2.18. The standard InChI is InChI=1S/C11H9N7O/c12-11(19)8-3-15-10(4-13-8)18-9-1-6-7(2-14-9)17-5-16-6/h1-5H,(H2,12,19)(H,16,17)(H,14,15,18). The lowest BCUT2D eigenvalue weighted by Gasteiger charge is -2.04. The molecule has 94 valence electrons. The summed E-state index contributed by atoms with van der Waals surface area (Å²) in [4.78, 5) is 30.0. The monoisotopic (exact) mass is 255 g/mol. The van der Waals surface area contributed by atoms with Gasteiger partial charge in [-0.2, -0.15) is 0 Å². The van der Waals surface area contributed by atoms with Crippen molar-refractivity contribution in [2.45, 2.75) is 0 Å². The maximum absolute atomic E-state index is 10.9. The predicted molar refractivity (Wildman–Crippen MR) is 67.7 cm³/mol. The Hall–Kier alpha value is -3.03. The number of nitrogens with two attached hydrogens (primary N) is 1. The van der Waals surface area contributed by atoms with E-state index >= 15 is 0 Å². The van der Waals surface area contributed by atoms with Crippen molar-refractivity contribution in [1.82, 2.24) is 24.9 Å². The lowest BCUT2D eigenvalue weighted by molar-refractivity contribution is 0.0995. The Kier molecular flexibility index (Phi) is 2.53.